The standard InChI is InChI=1S/C13H18N2O3/c1-17-11-4-2-3-10(7-11)8-15-13(16)12-9-18-6-5-14-12/h2-4,7,12,14H,5-6,8-9H2,1H3,(H,15,16). The summed E-state index contributed by atoms with van der Waals surface area (Å²) >= 11 is 0. The molecule has 0 aromatic heterocycles. The van der Waals surface area contributed by atoms with E-state index in [1.165, 1.54) is 0 Å². The largest absolute Gasteiger partial charge is 0.497 e. The van der Waals surface area contributed by atoms with Crippen molar-refractivity contribution in [3.05, 3.63) is 29.8 Å². The average molecular weight is 250 g/mol. The van der Waals surface area contributed by atoms with Crippen LogP contribution in [0.5, 0.6) is 5.75 Å². The maximum absolute atomic E-state index is 11.8. The summed E-state index contributed by atoms with van der Waals surface area (Å²) in [5.41, 5.74) is 1.01. The van der Waals surface area contributed by atoms with Gasteiger partial charge >= 0.3 is 0 Å². The summed E-state index contributed by atoms with van der Waals surface area (Å²) in [6.45, 7) is 2.31. The van der Waals surface area contributed by atoms with Gasteiger partial charge < -0.3 is 20.1 Å². The molecule has 0 saturated carbocycles. The zero-order valence-electron chi connectivity index (χ0n) is 10.4. The summed E-state index contributed by atoms with van der Waals surface area (Å²) in [5, 5.41) is 6.00. The Morgan fingerprint density at radius 3 is 3.22 bits per heavy atom. The van der Waals surface area contributed by atoms with Gasteiger partial charge in [0.1, 0.15) is 11.8 Å². The van der Waals surface area contributed by atoms with E-state index in [2.05, 4.69) is 10.6 Å². The van der Waals surface area contributed by atoms with Crippen molar-refractivity contribution in [2.45, 2.75) is 12.6 Å². The van der Waals surface area contributed by atoms with Crippen LogP contribution >= 0.6 is 0 Å². The highest BCUT2D eigenvalue weighted by molar-refractivity contribution is 5.81. The molecule has 2 N–H and O–H groups in total. The summed E-state index contributed by atoms with van der Waals surface area (Å²) in [6, 6.07) is 7.40. The SMILES string of the molecule is COc1cccc(CNC(=O)C2COCCN2)c1. The Morgan fingerprint density at radius 1 is 1.61 bits per heavy atom. The molecule has 0 radical (unpaired) electrons. The molecular weight excluding hydrogens is 232 g/mol. The van der Waals surface area contributed by atoms with Crippen LogP contribution in [-0.2, 0) is 16.1 Å². The number of carbonyl (C=O) groups is 1. The predicted octanol–water partition coefficient (Wildman–Crippen LogP) is 0.300. The normalized spacial score (nSPS) is 19.3. The van der Waals surface area contributed by atoms with Crippen LogP contribution in [0.3, 0.4) is 0 Å². The fourth-order valence-electron chi connectivity index (χ4n) is 1.83. The van der Waals surface area contributed by atoms with Crippen LogP contribution in [0.2, 0.25) is 0 Å². The molecule has 1 atom stereocenters. The highest BCUT2D eigenvalue weighted by Crippen LogP contribution is 2.12. The van der Waals surface area contributed by atoms with E-state index in [-0.39, 0.29) is 11.9 Å². The Kier molecular flexibility index (Phi) is 4.55. The van der Waals surface area contributed by atoms with E-state index in [4.69, 9.17) is 9.47 Å². The second kappa shape index (κ2) is 6.37. The number of amides is 1. The first-order valence-electron chi connectivity index (χ1n) is 6.01. The fourth-order valence-corrected chi connectivity index (χ4v) is 1.83. The van der Waals surface area contributed by atoms with Gasteiger partial charge in [0.2, 0.25) is 5.91 Å². The number of ether oxygens (including phenoxy) is 2. The van der Waals surface area contributed by atoms with E-state index in [9.17, 15) is 4.79 Å². The van der Waals surface area contributed by atoms with Gasteiger partial charge in [0.15, 0.2) is 0 Å². The first-order chi connectivity index (χ1) is 8.79. The second-order valence-electron chi connectivity index (χ2n) is 4.15. The van der Waals surface area contributed by atoms with Crippen molar-refractivity contribution >= 4 is 5.91 Å². The van der Waals surface area contributed by atoms with Crippen molar-refractivity contribution in [1.82, 2.24) is 10.6 Å². The zero-order valence-corrected chi connectivity index (χ0v) is 10.4. The summed E-state index contributed by atoms with van der Waals surface area (Å²) in [6.07, 6.45) is 0. The van der Waals surface area contributed by atoms with Crippen LogP contribution in [0, 0.1) is 0 Å². The average Bonchev–Trinajstić information content (AvgIpc) is 2.46. The Bertz CT molecular complexity index is 403. The summed E-state index contributed by atoms with van der Waals surface area (Å²) < 4.78 is 10.4. The van der Waals surface area contributed by atoms with Gasteiger partial charge in [-0.2, -0.15) is 0 Å². The van der Waals surface area contributed by atoms with Crippen LogP contribution < -0.4 is 15.4 Å². The predicted molar refractivity (Wildman–Crippen MR) is 67.5 cm³/mol. The second-order valence-corrected chi connectivity index (χ2v) is 4.15. The molecule has 2 rings (SSSR count). The van der Waals surface area contributed by atoms with Crippen LogP contribution in [0.1, 0.15) is 5.56 Å². The molecule has 1 heterocycles. The monoisotopic (exact) mass is 250 g/mol. The van der Waals surface area contributed by atoms with Gasteiger partial charge in [0.05, 0.1) is 20.3 Å². The van der Waals surface area contributed by atoms with Gasteiger partial charge in [-0.3, -0.25) is 4.79 Å². The van der Waals surface area contributed by atoms with Gasteiger partial charge in [-0.15, -0.1) is 0 Å². The molecule has 1 fully saturated rings. The third kappa shape index (κ3) is 3.45. The molecular formula is C13H18N2O3. The minimum absolute atomic E-state index is 0.0301. The molecule has 5 nitrogen and oxygen atoms in total. The Hall–Kier alpha value is -1.59. The van der Waals surface area contributed by atoms with E-state index < -0.39 is 0 Å². The summed E-state index contributed by atoms with van der Waals surface area (Å²) in [7, 11) is 1.63. The van der Waals surface area contributed by atoms with Crippen LogP contribution in [-0.4, -0.2) is 38.8 Å². The number of rotatable bonds is 4. The van der Waals surface area contributed by atoms with E-state index in [1.807, 2.05) is 24.3 Å². The lowest BCUT2D eigenvalue weighted by Gasteiger charge is -2.22. The van der Waals surface area contributed by atoms with E-state index in [0.29, 0.717) is 19.8 Å². The highest BCUT2D eigenvalue weighted by atomic mass is 16.5. The van der Waals surface area contributed by atoms with Crippen molar-refractivity contribution < 1.29 is 14.3 Å². The van der Waals surface area contributed by atoms with Crippen molar-refractivity contribution in [1.29, 1.82) is 0 Å². The maximum Gasteiger partial charge on any atom is 0.239 e. The molecule has 0 spiro atoms. The Morgan fingerprint density at radius 2 is 2.50 bits per heavy atom. The lowest BCUT2D eigenvalue weighted by atomic mass is 10.2. The van der Waals surface area contributed by atoms with Gasteiger partial charge in [-0.1, -0.05) is 12.1 Å². The van der Waals surface area contributed by atoms with Crippen molar-refractivity contribution in [3.8, 4) is 5.75 Å². The lowest BCUT2D eigenvalue weighted by molar-refractivity contribution is -0.126. The topological polar surface area (TPSA) is 59.6 Å². The lowest BCUT2D eigenvalue weighted by Crippen LogP contribution is -2.51. The molecule has 0 bridgehead atoms. The highest BCUT2D eigenvalue weighted by Gasteiger charge is 2.20. The molecule has 18 heavy (non-hydrogen) atoms. The minimum Gasteiger partial charge on any atom is -0.497 e. The van der Waals surface area contributed by atoms with E-state index in [0.717, 1.165) is 17.9 Å². The molecule has 1 amide bonds. The van der Waals surface area contributed by atoms with Crippen molar-refractivity contribution in [2.24, 2.45) is 0 Å². The zero-order chi connectivity index (χ0) is 12.8. The van der Waals surface area contributed by atoms with Crippen molar-refractivity contribution in [2.75, 3.05) is 26.9 Å². The third-order valence-electron chi connectivity index (χ3n) is 2.84. The number of nitrogens with one attached hydrogen (secondary N) is 2. The smallest absolute Gasteiger partial charge is 0.239 e. The van der Waals surface area contributed by atoms with Crippen LogP contribution in [0.4, 0.5) is 0 Å². The number of hydrogen-bond acceptors (Lipinski definition) is 4. The van der Waals surface area contributed by atoms with Gasteiger partial charge in [-0.05, 0) is 17.7 Å². The van der Waals surface area contributed by atoms with Gasteiger partial charge in [-0.25, -0.2) is 0 Å². The number of methoxy groups -OCH3 is 1. The molecule has 1 saturated heterocycles. The number of hydrogen-bond donors (Lipinski definition) is 2. The van der Waals surface area contributed by atoms with Crippen LogP contribution in [0.25, 0.3) is 0 Å². The summed E-state index contributed by atoms with van der Waals surface area (Å²) in [4.78, 5) is 11.8. The summed E-state index contributed by atoms with van der Waals surface area (Å²) in [5.74, 6) is 0.762. The van der Waals surface area contributed by atoms with Gasteiger partial charge in [0.25, 0.3) is 0 Å². The van der Waals surface area contributed by atoms with E-state index in [1.54, 1.807) is 7.11 Å². The third-order valence-corrected chi connectivity index (χ3v) is 2.84. The molecule has 5 heteroatoms. The van der Waals surface area contributed by atoms with Crippen LogP contribution in [0.15, 0.2) is 24.3 Å². The molecule has 98 valence electrons. The molecule has 1 unspecified atom stereocenters. The van der Waals surface area contributed by atoms with Crippen molar-refractivity contribution in [3.63, 3.8) is 0 Å². The van der Waals surface area contributed by atoms with Gasteiger partial charge in [0, 0.05) is 13.1 Å². The first kappa shape index (κ1) is 12.9. The quantitative estimate of drug-likeness (QED) is 0.807. The molecule has 1 aliphatic heterocycles. The first-order valence-corrected chi connectivity index (χ1v) is 6.01. The van der Waals surface area contributed by atoms with E-state index >= 15 is 0 Å². The fraction of sp³-hybridized carbons (Fsp3) is 0.462. The maximum atomic E-state index is 11.8. The number of carbonyl (C=O) groups excluding carboxylic acids is 1. The number of morpholine rings is 1. The Labute approximate surface area is 106 Å². The Balaban J connectivity index is 1.84. The molecule has 1 aromatic rings. The number of benzene rings is 1. The minimum atomic E-state index is -0.246. The molecule has 0 aliphatic carbocycles. The molecule has 1 aromatic carbocycles. The molecule has 1 aliphatic rings.